The maximum Gasteiger partial charge on any atom is 0.0494 e. The van der Waals surface area contributed by atoms with Gasteiger partial charge in [-0.1, -0.05) is 108 Å². The molecule has 0 amide bonds. The summed E-state index contributed by atoms with van der Waals surface area (Å²) in [6.45, 7) is 7.94. The lowest BCUT2D eigenvalue weighted by molar-refractivity contribution is 0.401. The monoisotopic (exact) mass is 451 g/mol. The molecule has 0 unspecified atom stereocenters. The third kappa shape index (κ3) is 3.78. The molecular weight excluding hydrogens is 410 g/mol. The highest BCUT2D eigenvalue weighted by Gasteiger charge is 2.42. The van der Waals surface area contributed by atoms with Crippen LogP contribution in [0.2, 0.25) is 0 Å². The normalized spacial score (nSPS) is 14.1. The Kier molecular flexibility index (Phi) is 6.82. The van der Waals surface area contributed by atoms with E-state index in [1.165, 1.54) is 97.1 Å². The molecule has 178 valence electrons. The molecule has 5 rings (SSSR count). The van der Waals surface area contributed by atoms with Crippen LogP contribution in [-0.2, 0) is 12.0 Å². The zero-order chi connectivity index (χ0) is 23.5. The van der Waals surface area contributed by atoms with Crippen molar-refractivity contribution in [3.8, 4) is 11.1 Å². The number of rotatable bonds is 11. The Morgan fingerprint density at radius 1 is 0.588 bits per heavy atom. The molecule has 1 heterocycles. The van der Waals surface area contributed by atoms with E-state index in [2.05, 4.69) is 86.0 Å². The number of hydrogen-bond acceptors (Lipinski definition) is 0. The van der Waals surface area contributed by atoms with E-state index in [4.69, 9.17) is 0 Å². The average molecular weight is 452 g/mol. The molecule has 0 aliphatic heterocycles. The van der Waals surface area contributed by atoms with Crippen LogP contribution in [0.25, 0.3) is 32.9 Å². The van der Waals surface area contributed by atoms with Crippen LogP contribution in [0.4, 0.5) is 0 Å². The second-order valence-electron chi connectivity index (χ2n) is 10.4. The molecule has 1 aliphatic rings. The Hall–Kier alpha value is -2.54. The highest BCUT2D eigenvalue weighted by molar-refractivity contribution is 6.10. The summed E-state index contributed by atoms with van der Waals surface area (Å²) in [6, 6.07) is 23.5. The van der Waals surface area contributed by atoms with Crippen molar-refractivity contribution in [3.63, 3.8) is 0 Å². The summed E-state index contributed by atoms with van der Waals surface area (Å²) < 4.78 is 2.53. The fourth-order valence-corrected chi connectivity index (χ4v) is 6.70. The molecule has 3 aromatic carbocycles. The Balaban J connectivity index is 1.71. The van der Waals surface area contributed by atoms with E-state index < -0.39 is 0 Å². The van der Waals surface area contributed by atoms with Gasteiger partial charge in [-0.15, -0.1) is 0 Å². The van der Waals surface area contributed by atoms with Gasteiger partial charge in [-0.3, -0.25) is 0 Å². The van der Waals surface area contributed by atoms with E-state index in [1.807, 2.05) is 0 Å². The molecular formula is C33H41N. The lowest BCUT2D eigenvalue weighted by atomic mass is 9.70. The van der Waals surface area contributed by atoms with Gasteiger partial charge in [-0.05, 0) is 60.2 Å². The zero-order valence-electron chi connectivity index (χ0n) is 21.5. The third-order valence-electron chi connectivity index (χ3n) is 8.39. The number of unbranched alkanes of at least 4 members (excludes halogenated alkanes) is 6. The largest absolute Gasteiger partial charge is 0.341 e. The number of aromatic nitrogens is 1. The molecule has 4 aromatic rings. The summed E-state index contributed by atoms with van der Waals surface area (Å²) in [5.74, 6) is 0. The fraction of sp³-hybridized carbons (Fsp3) is 0.455. The quantitative estimate of drug-likeness (QED) is 0.200. The van der Waals surface area contributed by atoms with E-state index in [0.29, 0.717) is 0 Å². The van der Waals surface area contributed by atoms with E-state index in [-0.39, 0.29) is 5.41 Å². The molecule has 1 aliphatic carbocycles. The van der Waals surface area contributed by atoms with Crippen LogP contribution in [0.1, 0.15) is 96.1 Å². The molecule has 1 aromatic heterocycles. The first-order valence-electron chi connectivity index (χ1n) is 13.9. The number of hydrogen-bond donors (Lipinski definition) is 0. The standard InChI is InChI=1S/C33H41N/c1-4-7-9-15-21-33(22-16-10-8-5-2)29-19-13-11-17-25(29)27-23-28-26-18-12-14-20-31(26)34(6-3)32(28)24-30(27)33/h11-14,17-20,23-24H,4-10,15-16,21-22H2,1-3H3. The van der Waals surface area contributed by atoms with Crippen molar-refractivity contribution < 1.29 is 0 Å². The minimum atomic E-state index is 0.163. The van der Waals surface area contributed by atoms with Gasteiger partial charge in [-0.25, -0.2) is 0 Å². The van der Waals surface area contributed by atoms with Gasteiger partial charge in [0.15, 0.2) is 0 Å². The molecule has 1 heteroatoms. The Labute approximate surface area is 206 Å². The first-order valence-corrected chi connectivity index (χ1v) is 13.9. The van der Waals surface area contributed by atoms with Crippen molar-refractivity contribution >= 4 is 21.8 Å². The van der Waals surface area contributed by atoms with Crippen LogP contribution >= 0.6 is 0 Å². The van der Waals surface area contributed by atoms with E-state index in [1.54, 1.807) is 11.1 Å². The summed E-state index contributed by atoms with van der Waals surface area (Å²) in [5.41, 5.74) is 9.13. The number of para-hydroxylation sites is 1. The van der Waals surface area contributed by atoms with Crippen LogP contribution < -0.4 is 0 Å². The summed E-state index contributed by atoms with van der Waals surface area (Å²) in [4.78, 5) is 0. The van der Waals surface area contributed by atoms with Crippen molar-refractivity contribution in [1.82, 2.24) is 4.57 Å². The number of nitrogens with zero attached hydrogens (tertiary/aromatic N) is 1. The van der Waals surface area contributed by atoms with Crippen LogP contribution in [0.5, 0.6) is 0 Å². The van der Waals surface area contributed by atoms with Crippen molar-refractivity contribution in [2.24, 2.45) is 0 Å². The zero-order valence-corrected chi connectivity index (χ0v) is 21.5. The number of aryl methyl sites for hydroxylation is 1. The van der Waals surface area contributed by atoms with Crippen molar-refractivity contribution in [2.75, 3.05) is 0 Å². The number of fused-ring (bicyclic) bond motifs is 6. The van der Waals surface area contributed by atoms with Gasteiger partial charge in [0.25, 0.3) is 0 Å². The van der Waals surface area contributed by atoms with Crippen LogP contribution in [0.15, 0.2) is 60.7 Å². The minimum absolute atomic E-state index is 0.163. The molecule has 0 spiro atoms. The summed E-state index contributed by atoms with van der Waals surface area (Å²) in [5, 5.41) is 2.81. The smallest absolute Gasteiger partial charge is 0.0494 e. The van der Waals surface area contributed by atoms with Gasteiger partial charge >= 0.3 is 0 Å². The van der Waals surface area contributed by atoms with Gasteiger partial charge in [-0.2, -0.15) is 0 Å². The van der Waals surface area contributed by atoms with E-state index >= 15 is 0 Å². The molecule has 0 fully saturated rings. The molecule has 0 saturated carbocycles. The highest BCUT2D eigenvalue weighted by Crippen LogP contribution is 2.55. The fourth-order valence-electron chi connectivity index (χ4n) is 6.70. The lowest BCUT2D eigenvalue weighted by Gasteiger charge is -2.33. The minimum Gasteiger partial charge on any atom is -0.341 e. The van der Waals surface area contributed by atoms with Crippen molar-refractivity contribution in [3.05, 3.63) is 71.8 Å². The average Bonchev–Trinajstić information content (AvgIpc) is 3.33. The molecule has 0 bridgehead atoms. The third-order valence-corrected chi connectivity index (χ3v) is 8.39. The van der Waals surface area contributed by atoms with Gasteiger partial charge in [0, 0.05) is 33.8 Å². The Morgan fingerprint density at radius 2 is 1.26 bits per heavy atom. The molecule has 0 saturated heterocycles. The second kappa shape index (κ2) is 9.98. The van der Waals surface area contributed by atoms with Gasteiger partial charge in [0.2, 0.25) is 0 Å². The molecule has 34 heavy (non-hydrogen) atoms. The Morgan fingerprint density at radius 3 is 1.97 bits per heavy atom. The highest BCUT2D eigenvalue weighted by atomic mass is 15.0. The van der Waals surface area contributed by atoms with Crippen LogP contribution in [-0.4, -0.2) is 4.57 Å². The van der Waals surface area contributed by atoms with Gasteiger partial charge < -0.3 is 4.57 Å². The summed E-state index contributed by atoms with van der Waals surface area (Å²) >= 11 is 0. The lowest BCUT2D eigenvalue weighted by Crippen LogP contribution is -2.25. The maximum absolute atomic E-state index is 2.60. The molecule has 0 N–H and O–H groups in total. The SMILES string of the molecule is CCCCCCC1(CCCCCC)c2ccccc2-c2cc3c4ccccc4n(CC)c3cc21. The maximum atomic E-state index is 2.60. The molecule has 0 atom stereocenters. The topological polar surface area (TPSA) is 4.93 Å². The second-order valence-corrected chi connectivity index (χ2v) is 10.4. The van der Waals surface area contributed by atoms with Crippen LogP contribution in [0, 0.1) is 0 Å². The van der Waals surface area contributed by atoms with Crippen molar-refractivity contribution in [2.45, 2.75) is 96.9 Å². The Bertz CT molecular complexity index is 1260. The van der Waals surface area contributed by atoms with Crippen molar-refractivity contribution in [1.29, 1.82) is 0 Å². The predicted octanol–water partition coefficient (Wildman–Crippen LogP) is 10.0. The predicted molar refractivity (Wildman–Crippen MR) is 149 cm³/mol. The first kappa shape index (κ1) is 23.2. The summed E-state index contributed by atoms with van der Waals surface area (Å²) in [7, 11) is 0. The molecule has 0 radical (unpaired) electrons. The number of benzene rings is 3. The summed E-state index contributed by atoms with van der Waals surface area (Å²) in [6.07, 6.45) is 13.2. The van der Waals surface area contributed by atoms with Gasteiger partial charge in [0.1, 0.15) is 0 Å². The van der Waals surface area contributed by atoms with Gasteiger partial charge in [0.05, 0.1) is 0 Å². The van der Waals surface area contributed by atoms with Crippen LogP contribution in [0.3, 0.4) is 0 Å². The molecule has 1 nitrogen and oxygen atoms in total. The van der Waals surface area contributed by atoms with E-state index in [0.717, 1.165) is 6.54 Å². The first-order chi connectivity index (χ1) is 16.7. The van der Waals surface area contributed by atoms with E-state index in [9.17, 15) is 0 Å².